The highest BCUT2D eigenvalue weighted by molar-refractivity contribution is 7.89. The van der Waals surface area contributed by atoms with E-state index in [9.17, 15) is 13.2 Å². The Labute approximate surface area is 182 Å². The summed E-state index contributed by atoms with van der Waals surface area (Å²) in [6, 6.07) is 17.9. The van der Waals surface area contributed by atoms with Gasteiger partial charge in [-0.25, -0.2) is 12.7 Å². The number of sulfonamides is 1. The number of aromatic amines is 1. The molecular weight excluding hydrogens is 412 g/mol. The third kappa shape index (κ3) is 5.68. The maximum Gasteiger partial charge on any atom is 0.251 e. The van der Waals surface area contributed by atoms with E-state index < -0.39 is 10.0 Å². The first-order chi connectivity index (χ1) is 14.9. The van der Waals surface area contributed by atoms with Crippen molar-refractivity contribution in [1.82, 2.24) is 19.8 Å². The van der Waals surface area contributed by atoms with Crippen LogP contribution in [0, 0.1) is 0 Å². The van der Waals surface area contributed by atoms with Gasteiger partial charge in [0.05, 0.1) is 10.6 Å². The molecule has 0 spiro atoms. The molecule has 3 rings (SSSR count). The van der Waals surface area contributed by atoms with Crippen molar-refractivity contribution < 1.29 is 13.2 Å². The Balaban J connectivity index is 1.60. The third-order valence-electron chi connectivity index (χ3n) is 4.83. The summed E-state index contributed by atoms with van der Waals surface area (Å²) in [5, 5.41) is 9.99. The van der Waals surface area contributed by atoms with Crippen LogP contribution in [0.25, 0.3) is 11.3 Å². The fourth-order valence-corrected chi connectivity index (χ4v) is 4.36. The highest BCUT2D eigenvalue weighted by atomic mass is 32.2. The number of aryl methyl sites for hydroxylation is 1. The molecule has 8 heteroatoms. The summed E-state index contributed by atoms with van der Waals surface area (Å²) in [6.07, 6.45) is 2.87. The summed E-state index contributed by atoms with van der Waals surface area (Å²) in [4.78, 5) is 12.2. The number of aromatic nitrogens is 2. The van der Waals surface area contributed by atoms with E-state index in [2.05, 4.69) is 22.1 Å². The molecule has 0 aliphatic heterocycles. The minimum absolute atomic E-state index is 0.0918. The Morgan fingerprint density at radius 3 is 2.68 bits per heavy atom. The van der Waals surface area contributed by atoms with Crippen LogP contribution in [0.4, 0.5) is 0 Å². The van der Waals surface area contributed by atoms with E-state index in [1.807, 2.05) is 36.4 Å². The number of hydrogen-bond donors (Lipinski definition) is 2. The number of amides is 1. The first kappa shape index (κ1) is 22.5. The van der Waals surface area contributed by atoms with Crippen molar-refractivity contribution in [3.63, 3.8) is 0 Å². The number of rotatable bonds is 10. The summed E-state index contributed by atoms with van der Waals surface area (Å²) >= 11 is 0. The topological polar surface area (TPSA) is 95.2 Å². The van der Waals surface area contributed by atoms with Crippen LogP contribution in [0.3, 0.4) is 0 Å². The molecule has 0 unspecified atom stereocenters. The van der Waals surface area contributed by atoms with E-state index in [-0.39, 0.29) is 10.8 Å². The van der Waals surface area contributed by atoms with E-state index >= 15 is 0 Å². The highest BCUT2D eigenvalue weighted by Gasteiger charge is 2.21. The first-order valence-corrected chi connectivity index (χ1v) is 11.4. The molecule has 2 aromatic carbocycles. The van der Waals surface area contributed by atoms with E-state index in [1.54, 1.807) is 25.3 Å². The molecule has 0 bridgehead atoms. The lowest BCUT2D eigenvalue weighted by Gasteiger charge is -2.17. The SMILES string of the molecule is C=CCNC(=O)c1cccc(S(=O)(=O)N(C)CCCc2cc(-c3ccccc3)n[nH]2)c1. The van der Waals surface area contributed by atoms with Crippen LogP contribution in [-0.2, 0) is 16.4 Å². The van der Waals surface area contributed by atoms with Crippen molar-refractivity contribution in [2.24, 2.45) is 0 Å². The van der Waals surface area contributed by atoms with Gasteiger partial charge in [-0.1, -0.05) is 42.5 Å². The summed E-state index contributed by atoms with van der Waals surface area (Å²) < 4.78 is 27.1. The fourth-order valence-electron chi connectivity index (χ4n) is 3.10. The number of nitrogens with one attached hydrogen (secondary N) is 2. The second kappa shape index (κ2) is 10.2. The molecule has 1 aromatic heterocycles. The van der Waals surface area contributed by atoms with Gasteiger partial charge in [0.1, 0.15) is 0 Å². The number of carbonyl (C=O) groups excluding carboxylic acids is 1. The van der Waals surface area contributed by atoms with Gasteiger partial charge < -0.3 is 5.32 Å². The molecule has 0 fully saturated rings. The van der Waals surface area contributed by atoms with Crippen LogP contribution < -0.4 is 5.32 Å². The minimum Gasteiger partial charge on any atom is -0.349 e. The first-order valence-electron chi connectivity index (χ1n) is 9.97. The predicted octanol–water partition coefficient (Wildman–Crippen LogP) is 3.25. The molecule has 1 heterocycles. The molecule has 2 N–H and O–H groups in total. The monoisotopic (exact) mass is 438 g/mol. The van der Waals surface area contributed by atoms with Crippen molar-refractivity contribution in [2.45, 2.75) is 17.7 Å². The Kier molecular flexibility index (Phi) is 7.38. The number of nitrogens with zero attached hydrogens (tertiary/aromatic N) is 2. The van der Waals surface area contributed by atoms with Crippen molar-refractivity contribution >= 4 is 15.9 Å². The van der Waals surface area contributed by atoms with Crippen LogP contribution >= 0.6 is 0 Å². The van der Waals surface area contributed by atoms with Crippen LogP contribution in [0.2, 0.25) is 0 Å². The average molecular weight is 439 g/mol. The Morgan fingerprint density at radius 1 is 1.16 bits per heavy atom. The lowest BCUT2D eigenvalue weighted by molar-refractivity contribution is 0.0958. The summed E-state index contributed by atoms with van der Waals surface area (Å²) in [7, 11) is -2.16. The lowest BCUT2D eigenvalue weighted by Crippen LogP contribution is -2.29. The average Bonchev–Trinajstić information content (AvgIpc) is 3.27. The second-order valence-electron chi connectivity index (χ2n) is 7.10. The normalized spacial score (nSPS) is 11.4. The van der Waals surface area contributed by atoms with Crippen molar-refractivity contribution in [3.05, 3.63) is 84.6 Å². The Bertz CT molecular complexity index is 1140. The zero-order chi connectivity index (χ0) is 22.3. The number of H-pyrrole nitrogens is 1. The molecule has 0 aliphatic rings. The number of benzene rings is 2. The molecule has 0 saturated carbocycles. The zero-order valence-corrected chi connectivity index (χ0v) is 18.2. The van der Waals surface area contributed by atoms with E-state index in [0.29, 0.717) is 31.5 Å². The van der Waals surface area contributed by atoms with Gasteiger partial charge in [0.25, 0.3) is 5.91 Å². The van der Waals surface area contributed by atoms with Crippen molar-refractivity contribution in [2.75, 3.05) is 20.1 Å². The largest absolute Gasteiger partial charge is 0.349 e. The number of carbonyl (C=O) groups is 1. The van der Waals surface area contributed by atoms with Gasteiger partial charge >= 0.3 is 0 Å². The lowest BCUT2D eigenvalue weighted by atomic mass is 10.1. The van der Waals surface area contributed by atoms with Gasteiger partial charge in [-0.15, -0.1) is 6.58 Å². The molecule has 0 saturated heterocycles. The Morgan fingerprint density at radius 2 is 1.94 bits per heavy atom. The summed E-state index contributed by atoms with van der Waals surface area (Å²) in [6.45, 7) is 4.21. The standard InChI is InChI=1S/C23H26N4O3S/c1-3-14-24-23(28)19-11-7-13-21(16-19)31(29,30)27(2)15-8-12-20-17-22(26-25-20)18-9-5-4-6-10-18/h3-7,9-11,13,16-17H,1,8,12,14-15H2,2H3,(H,24,28)(H,25,26). The molecule has 3 aromatic rings. The van der Waals surface area contributed by atoms with Crippen LogP contribution in [0.5, 0.6) is 0 Å². The minimum atomic E-state index is -3.70. The molecule has 31 heavy (non-hydrogen) atoms. The van der Waals surface area contributed by atoms with Gasteiger partial charge in [-0.3, -0.25) is 9.89 Å². The predicted molar refractivity (Wildman–Crippen MR) is 121 cm³/mol. The second-order valence-corrected chi connectivity index (χ2v) is 9.15. The zero-order valence-electron chi connectivity index (χ0n) is 17.4. The van der Waals surface area contributed by atoms with Gasteiger partial charge in [0.2, 0.25) is 10.0 Å². The molecule has 0 radical (unpaired) electrons. The third-order valence-corrected chi connectivity index (χ3v) is 6.68. The van der Waals surface area contributed by atoms with Gasteiger partial charge in [-0.2, -0.15) is 5.10 Å². The van der Waals surface area contributed by atoms with Gasteiger partial charge in [0.15, 0.2) is 0 Å². The van der Waals surface area contributed by atoms with E-state index in [4.69, 9.17) is 0 Å². The van der Waals surface area contributed by atoms with E-state index in [0.717, 1.165) is 17.0 Å². The maximum absolute atomic E-state index is 12.9. The van der Waals surface area contributed by atoms with Crippen LogP contribution in [-0.4, -0.2) is 49.0 Å². The quantitative estimate of drug-likeness (QED) is 0.475. The van der Waals surface area contributed by atoms with Crippen LogP contribution in [0.1, 0.15) is 22.5 Å². The smallest absolute Gasteiger partial charge is 0.251 e. The molecule has 162 valence electrons. The molecule has 0 aliphatic carbocycles. The summed E-state index contributed by atoms with van der Waals surface area (Å²) in [5.74, 6) is -0.340. The highest BCUT2D eigenvalue weighted by Crippen LogP contribution is 2.19. The van der Waals surface area contributed by atoms with Gasteiger partial charge in [0, 0.05) is 37.0 Å². The molecule has 7 nitrogen and oxygen atoms in total. The van der Waals surface area contributed by atoms with Gasteiger partial charge in [-0.05, 0) is 37.1 Å². The molecular formula is C23H26N4O3S. The summed E-state index contributed by atoms with van der Waals surface area (Å²) in [5.41, 5.74) is 3.14. The van der Waals surface area contributed by atoms with Crippen molar-refractivity contribution in [1.29, 1.82) is 0 Å². The van der Waals surface area contributed by atoms with E-state index in [1.165, 1.54) is 16.4 Å². The van der Waals surface area contributed by atoms with Crippen LogP contribution in [0.15, 0.2) is 78.2 Å². The maximum atomic E-state index is 12.9. The Hall–Kier alpha value is -3.23. The fraction of sp³-hybridized carbons (Fsp3) is 0.217. The molecule has 0 atom stereocenters. The molecule has 1 amide bonds. The van der Waals surface area contributed by atoms with Crippen molar-refractivity contribution in [3.8, 4) is 11.3 Å². The number of hydrogen-bond acceptors (Lipinski definition) is 4.